The lowest BCUT2D eigenvalue weighted by molar-refractivity contribution is 0.0471. The molecule has 2 atom stereocenters. The van der Waals surface area contributed by atoms with Crippen LogP contribution in [0.3, 0.4) is 0 Å². The lowest BCUT2D eigenvalue weighted by Crippen LogP contribution is -2.41. The average molecular weight is 387 g/mol. The predicted molar refractivity (Wildman–Crippen MR) is 105 cm³/mol. The second-order valence-electron chi connectivity index (χ2n) is 7.46. The van der Waals surface area contributed by atoms with E-state index in [1.807, 2.05) is 30.3 Å². The third-order valence-electron chi connectivity index (χ3n) is 5.36. The van der Waals surface area contributed by atoms with Gasteiger partial charge in [-0.15, -0.1) is 0 Å². The number of aliphatic hydroxyl groups excluding tert-OH is 1. The molecule has 0 spiro atoms. The van der Waals surface area contributed by atoms with Crippen molar-refractivity contribution in [1.82, 2.24) is 14.9 Å². The van der Waals surface area contributed by atoms with E-state index in [-0.39, 0.29) is 6.73 Å². The van der Waals surface area contributed by atoms with Crippen molar-refractivity contribution in [2.75, 3.05) is 0 Å². The van der Waals surface area contributed by atoms with E-state index in [4.69, 9.17) is 4.74 Å². The number of imidazole rings is 1. The molecule has 0 saturated heterocycles. The summed E-state index contributed by atoms with van der Waals surface area (Å²) in [5.41, 5.74) is 1.06. The summed E-state index contributed by atoms with van der Waals surface area (Å²) in [7, 11) is 0. The molecule has 1 fully saturated rings. The molecule has 1 aromatic carbocycles. The zero-order chi connectivity index (χ0) is 19.8. The second-order valence-corrected chi connectivity index (χ2v) is 7.46. The summed E-state index contributed by atoms with van der Waals surface area (Å²) >= 11 is 0. The van der Waals surface area contributed by atoms with Crippen LogP contribution in [-0.4, -0.2) is 31.9 Å². The van der Waals surface area contributed by atoms with Gasteiger partial charge in [-0.1, -0.05) is 62.4 Å². The molecule has 3 rings (SSSR count). The molecule has 3 N–H and O–H groups in total. The highest BCUT2D eigenvalue weighted by atomic mass is 16.5. The van der Waals surface area contributed by atoms with Crippen LogP contribution in [0.5, 0.6) is 0 Å². The lowest BCUT2D eigenvalue weighted by atomic mass is 9.83. The smallest absolute Gasteiger partial charge is 0.404 e. The number of nitrogens with zero attached hydrogens (tertiary/aromatic N) is 2. The molecule has 7 heteroatoms. The zero-order valence-corrected chi connectivity index (χ0v) is 16.0. The number of carbonyl (C=O) groups is 1. The second kappa shape index (κ2) is 10.2. The monoisotopic (exact) mass is 387 g/mol. The molecule has 152 valence electrons. The van der Waals surface area contributed by atoms with Crippen LogP contribution in [0.2, 0.25) is 0 Å². The number of rotatable bonds is 9. The van der Waals surface area contributed by atoms with Gasteiger partial charge in [0.25, 0.3) is 0 Å². The Morgan fingerprint density at radius 2 is 2.00 bits per heavy atom. The van der Waals surface area contributed by atoms with Crippen molar-refractivity contribution in [1.29, 1.82) is 0 Å². The highest BCUT2D eigenvalue weighted by molar-refractivity contribution is 5.65. The average Bonchev–Trinajstić information content (AvgIpc) is 3.17. The van der Waals surface area contributed by atoms with Crippen molar-refractivity contribution in [3.63, 3.8) is 0 Å². The van der Waals surface area contributed by atoms with Crippen LogP contribution < -0.4 is 5.32 Å². The Bertz CT molecular complexity index is 728. The van der Waals surface area contributed by atoms with Crippen LogP contribution in [0.4, 0.5) is 4.79 Å². The number of carboxylic acid groups (broad SMARTS) is 1. The third kappa shape index (κ3) is 5.81. The van der Waals surface area contributed by atoms with E-state index >= 15 is 0 Å². The number of hydrogen-bond acceptors (Lipinski definition) is 4. The molecule has 0 aliphatic heterocycles. The first-order valence-electron chi connectivity index (χ1n) is 9.93. The van der Waals surface area contributed by atoms with E-state index in [9.17, 15) is 15.0 Å². The summed E-state index contributed by atoms with van der Waals surface area (Å²) in [6.07, 6.45) is 7.55. The van der Waals surface area contributed by atoms with Gasteiger partial charge in [-0.2, -0.15) is 0 Å². The standard InChI is InChI=1S/C21H29N3O4/c25-19(18(23-21(26)27)13-16-7-3-1-4-8-16)20-22-11-12-24(20)15-28-14-17-9-5-2-6-10-17/h2,5-6,9-12,16,18-19,23,25H,1,3-4,7-8,13-15H2,(H,26,27)/t18-,19?/m0/s1. The minimum atomic E-state index is -1.13. The molecule has 0 radical (unpaired) electrons. The Morgan fingerprint density at radius 1 is 1.25 bits per heavy atom. The quantitative estimate of drug-likeness (QED) is 0.610. The maximum atomic E-state index is 11.3. The molecular weight excluding hydrogens is 358 g/mol. The molecule has 1 heterocycles. The van der Waals surface area contributed by atoms with Gasteiger partial charge < -0.3 is 24.8 Å². The van der Waals surface area contributed by atoms with Crippen molar-refractivity contribution in [2.24, 2.45) is 5.92 Å². The predicted octanol–water partition coefficient (Wildman–Crippen LogP) is 3.70. The molecular formula is C21H29N3O4. The van der Waals surface area contributed by atoms with Crippen LogP contribution in [0.25, 0.3) is 0 Å². The van der Waals surface area contributed by atoms with Crippen molar-refractivity contribution in [2.45, 2.75) is 64.0 Å². The van der Waals surface area contributed by atoms with Gasteiger partial charge in [0.2, 0.25) is 0 Å². The van der Waals surface area contributed by atoms with Gasteiger partial charge in [0.15, 0.2) is 0 Å². The molecule has 1 saturated carbocycles. The lowest BCUT2D eigenvalue weighted by Gasteiger charge is -2.29. The first kappa shape index (κ1) is 20.4. The minimum Gasteiger partial charge on any atom is -0.465 e. The van der Waals surface area contributed by atoms with Crippen molar-refractivity contribution in [3.8, 4) is 0 Å². The first-order valence-corrected chi connectivity index (χ1v) is 9.93. The van der Waals surface area contributed by atoms with Gasteiger partial charge in [0.05, 0.1) is 12.6 Å². The Morgan fingerprint density at radius 3 is 2.71 bits per heavy atom. The van der Waals surface area contributed by atoms with Gasteiger partial charge in [-0.3, -0.25) is 0 Å². The van der Waals surface area contributed by atoms with Gasteiger partial charge in [-0.05, 0) is 17.9 Å². The molecule has 0 bridgehead atoms. The van der Waals surface area contributed by atoms with Crippen LogP contribution in [-0.2, 0) is 18.1 Å². The highest BCUT2D eigenvalue weighted by Crippen LogP contribution is 2.30. The summed E-state index contributed by atoms with van der Waals surface area (Å²) in [6, 6.07) is 9.25. The maximum absolute atomic E-state index is 11.3. The van der Waals surface area contributed by atoms with Crippen LogP contribution >= 0.6 is 0 Å². The van der Waals surface area contributed by atoms with Gasteiger partial charge in [-0.25, -0.2) is 9.78 Å². The molecule has 1 amide bonds. The van der Waals surface area contributed by atoms with E-state index in [2.05, 4.69) is 10.3 Å². The van der Waals surface area contributed by atoms with E-state index in [1.54, 1.807) is 17.0 Å². The summed E-state index contributed by atoms with van der Waals surface area (Å²) in [5, 5.41) is 22.6. The van der Waals surface area contributed by atoms with E-state index in [0.717, 1.165) is 18.4 Å². The summed E-state index contributed by atoms with van der Waals surface area (Å²) in [5.74, 6) is 0.848. The van der Waals surface area contributed by atoms with Gasteiger partial charge >= 0.3 is 6.09 Å². The van der Waals surface area contributed by atoms with Crippen molar-refractivity contribution in [3.05, 3.63) is 54.1 Å². The molecule has 1 aliphatic carbocycles. The Balaban J connectivity index is 1.62. The number of ether oxygens (including phenoxy) is 1. The molecule has 28 heavy (non-hydrogen) atoms. The van der Waals surface area contributed by atoms with Gasteiger partial charge in [0, 0.05) is 12.4 Å². The topological polar surface area (TPSA) is 96.6 Å². The number of aromatic nitrogens is 2. The summed E-state index contributed by atoms with van der Waals surface area (Å²) in [4.78, 5) is 15.5. The van der Waals surface area contributed by atoms with Gasteiger partial charge in [0.1, 0.15) is 18.7 Å². The summed E-state index contributed by atoms with van der Waals surface area (Å²) in [6.45, 7) is 0.692. The highest BCUT2D eigenvalue weighted by Gasteiger charge is 2.29. The SMILES string of the molecule is O=C(O)N[C@@H](CC1CCCCC1)C(O)c1nccn1COCc1ccccc1. The number of benzene rings is 1. The number of hydrogen-bond donors (Lipinski definition) is 3. The van der Waals surface area contributed by atoms with Crippen LogP contribution in [0, 0.1) is 5.92 Å². The zero-order valence-electron chi connectivity index (χ0n) is 16.0. The Hall–Kier alpha value is -2.38. The number of nitrogens with one attached hydrogen (secondary N) is 1. The van der Waals surface area contributed by atoms with Crippen LogP contribution in [0.15, 0.2) is 42.7 Å². The third-order valence-corrected chi connectivity index (χ3v) is 5.36. The molecule has 2 aromatic rings. The fraction of sp³-hybridized carbons (Fsp3) is 0.524. The number of aliphatic hydroxyl groups is 1. The van der Waals surface area contributed by atoms with E-state index < -0.39 is 18.2 Å². The Labute approximate surface area is 165 Å². The largest absolute Gasteiger partial charge is 0.465 e. The van der Waals surface area contributed by atoms with E-state index in [0.29, 0.717) is 24.8 Å². The Kier molecular flexibility index (Phi) is 7.45. The minimum absolute atomic E-state index is 0.241. The van der Waals surface area contributed by atoms with Crippen molar-refractivity contribution < 1.29 is 19.7 Å². The van der Waals surface area contributed by atoms with Crippen molar-refractivity contribution >= 4 is 6.09 Å². The van der Waals surface area contributed by atoms with E-state index in [1.165, 1.54) is 19.3 Å². The fourth-order valence-electron chi connectivity index (χ4n) is 3.92. The number of amides is 1. The molecule has 1 aromatic heterocycles. The maximum Gasteiger partial charge on any atom is 0.404 e. The normalized spacial score (nSPS) is 17.2. The fourth-order valence-corrected chi connectivity index (χ4v) is 3.92. The summed E-state index contributed by atoms with van der Waals surface area (Å²) < 4.78 is 7.47. The first-order chi connectivity index (χ1) is 13.6. The molecule has 1 unspecified atom stereocenters. The van der Waals surface area contributed by atoms with Crippen LogP contribution in [0.1, 0.15) is 56.0 Å². The molecule has 7 nitrogen and oxygen atoms in total. The molecule has 1 aliphatic rings.